The quantitative estimate of drug-likeness (QED) is 0.593. The lowest BCUT2D eigenvalue weighted by Crippen LogP contribution is -2.25. The molecule has 3 rings (SSSR count). The first-order valence-electron chi connectivity index (χ1n) is 9.39. The number of aromatic amines is 1. The van der Waals surface area contributed by atoms with Gasteiger partial charge in [0.15, 0.2) is 0 Å². The number of carbonyl (C=O) groups excluding carboxylic acids is 1. The third kappa shape index (κ3) is 4.33. The van der Waals surface area contributed by atoms with Crippen LogP contribution in [0.15, 0.2) is 29.1 Å². The van der Waals surface area contributed by atoms with Crippen molar-refractivity contribution in [2.75, 3.05) is 20.8 Å². The molecule has 154 valence electrons. The summed E-state index contributed by atoms with van der Waals surface area (Å²) in [6.45, 7) is 6.44. The highest BCUT2D eigenvalue weighted by Crippen LogP contribution is 2.29. The first-order valence-corrected chi connectivity index (χ1v) is 10.2. The van der Waals surface area contributed by atoms with Crippen molar-refractivity contribution in [1.29, 1.82) is 0 Å². The van der Waals surface area contributed by atoms with Gasteiger partial charge in [-0.2, -0.15) is 0 Å². The molecule has 0 amide bonds. The number of esters is 1. The number of hydrogen-bond acceptors (Lipinski definition) is 7. The highest BCUT2D eigenvalue weighted by atomic mass is 32.1. The van der Waals surface area contributed by atoms with Crippen molar-refractivity contribution in [3.05, 3.63) is 56.4 Å². The summed E-state index contributed by atoms with van der Waals surface area (Å²) in [7, 11) is 3.61. The molecule has 0 aliphatic carbocycles. The van der Waals surface area contributed by atoms with E-state index in [9.17, 15) is 9.59 Å². The second-order valence-corrected chi connectivity index (χ2v) is 7.85. The van der Waals surface area contributed by atoms with Crippen LogP contribution in [-0.4, -0.2) is 41.6 Å². The molecule has 29 heavy (non-hydrogen) atoms. The van der Waals surface area contributed by atoms with E-state index >= 15 is 0 Å². The second kappa shape index (κ2) is 8.75. The topological polar surface area (TPSA) is 84.5 Å². The van der Waals surface area contributed by atoms with Crippen LogP contribution < -0.4 is 10.3 Å². The number of aryl methyl sites for hydroxylation is 1. The average Bonchev–Trinajstić information content (AvgIpc) is 3.04. The molecule has 0 saturated heterocycles. The van der Waals surface area contributed by atoms with Crippen LogP contribution in [0, 0.1) is 6.92 Å². The smallest absolute Gasteiger partial charge is 0.348 e. The molecule has 1 atom stereocenters. The predicted octanol–water partition coefficient (Wildman–Crippen LogP) is 3.67. The zero-order chi connectivity index (χ0) is 21.1. The Labute approximate surface area is 173 Å². The maximum absolute atomic E-state index is 12.7. The number of H-pyrrole nitrogens is 1. The number of thiophene rings is 1. The standard InChI is InChI=1S/C21H25N3O4S/c1-6-28-21(26)17-12(2)16-19(25)22-18(23-20(16)29-17)13(3)24(4)11-14-8-7-9-15(10-14)27-5/h7-10,13H,6,11H2,1-5H3,(H,22,23,25)/t13-/m0/s1. The third-order valence-corrected chi connectivity index (χ3v) is 6.07. The number of fused-ring (bicyclic) bond motifs is 1. The number of ether oxygens (including phenoxy) is 2. The van der Waals surface area contributed by atoms with Crippen LogP contribution in [0.5, 0.6) is 5.75 Å². The number of benzene rings is 1. The third-order valence-electron chi connectivity index (χ3n) is 4.90. The van der Waals surface area contributed by atoms with E-state index in [2.05, 4.69) is 14.9 Å². The van der Waals surface area contributed by atoms with Gasteiger partial charge in [0.25, 0.3) is 5.56 Å². The van der Waals surface area contributed by atoms with Crippen molar-refractivity contribution in [3.8, 4) is 5.75 Å². The van der Waals surface area contributed by atoms with E-state index in [1.54, 1.807) is 21.0 Å². The van der Waals surface area contributed by atoms with E-state index in [0.29, 0.717) is 33.0 Å². The minimum absolute atomic E-state index is 0.133. The first kappa shape index (κ1) is 21.0. The van der Waals surface area contributed by atoms with E-state index in [0.717, 1.165) is 11.3 Å². The second-order valence-electron chi connectivity index (χ2n) is 6.85. The zero-order valence-corrected chi connectivity index (χ0v) is 18.1. The molecular weight excluding hydrogens is 390 g/mol. The molecule has 0 fully saturated rings. The summed E-state index contributed by atoms with van der Waals surface area (Å²) in [4.78, 5) is 35.5. The molecule has 0 radical (unpaired) electrons. The van der Waals surface area contributed by atoms with Gasteiger partial charge < -0.3 is 14.5 Å². The lowest BCUT2D eigenvalue weighted by molar-refractivity contribution is 0.0531. The molecule has 0 bridgehead atoms. The summed E-state index contributed by atoms with van der Waals surface area (Å²) in [6, 6.07) is 7.73. The lowest BCUT2D eigenvalue weighted by atomic mass is 10.1. The maximum atomic E-state index is 12.7. The Morgan fingerprint density at radius 2 is 2.14 bits per heavy atom. The van der Waals surface area contributed by atoms with Gasteiger partial charge in [0.1, 0.15) is 21.3 Å². The lowest BCUT2D eigenvalue weighted by Gasteiger charge is -2.24. The Kier molecular flexibility index (Phi) is 6.34. The summed E-state index contributed by atoms with van der Waals surface area (Å²) in [5.41, 5.74) is 1.47. The Morgan fingerprint density at radius 3 is 2.83 bits per heavy atom. The Balaban J connectivity index is 1.90. The monoisotopic (exact) mass is 415 g/mol. The zero-order valence-electron chi connectivity index (χ0n) is 17.2. The van der Waals surface area contributed by atoms with Gasteiger partial charge in [-0.25, -0.2) is 9.78 Å². The number of nitrogens with one attached hydrogen (secondary N) is 1. The van der Waals surface area contributed by atoms with Crippen LogP contribution in [-0.2, 0) is 11.3 Å². The molecule has 2 aromatic heterocycles. The fourth-order valence-electron chi connectivity index (χ4n) is 3.15. The van der Waals surface area contributed by atoms with Gasteiger partial charge >= 0.3 is 5.97 Å². The number of methoxy groups -OCH3 is 1. The highest BCUT2D eigenvalue weighted by molar-refractivity contribution is 7.20. The van der Waals surface area contributed by atoms with E-state index in [1.807, 2.05) is 38.2 Å². The van der Waals surface area contributed by atoms with Crippen LogP contribution in [0.25, 0.3) is 10.2 Å². The van der Waals surface area contributed by atoms with Crippen molar-refractivity contribution in [2.24, 2.45) is 0 Å². The van der Waals surface area contributed by atoms with Crippen molar-refractivity contribution in [1.82, 2.24) is 14.9 Å². The number of nitrogens with zero attached hydrogens (tertiary/aromatic N) is 2. The van der Waals surface area contributed by atoms with Crippen LogP contribution in [0.1, 0.15) is 46.5 Å². The highest BCUT2D eigenvalue weighted by Gasteiger charge is 2.22. The summed E-state index contributed by atoms with van der Waals surface area (Å²) in [5.74, 6) is 0.943. The molecule has 2 heterocycles. The summed E-state index contributed by atoms with van der Waals surface area (Å²) >= 11 is 1.20. The van der Waals surface area contributed by atoms with E-state index < -0.39 is 5.97 Å². The number of hydrogen-bond donors (Lipinski definition) is 1. The van der Waals surface area contributed by atoms with Gasteiger partial charge in [-0.3, -0.25) is 9.69 Å². The summed E-state index contributed by atoms with van der Waals surface area (Å²) in [6.07, 6.45) is 0. The van der Waals surface area contributed by atoms with E-state index in [-0.39, 0.29) is 18.2 Å². The van der Waals surface area contributed by atoms with E-state index in [1.165, 1.54) is 11.3 Å². The van der Waals surface area contributed by atoms with Gasteiger partial charge in [-0.15, -0.1) is 11.3 Å². The molecular formula is C21H25N3O4S. The molecule has 8 heteroatoms. The van der Waals surface area contributed by atoms with Crippen molar-refractivity contribution < 1.29 is 14.3 Å². The van der Waals surface area contributed by atoms with Gasteiger partial charge in [-0.05, 0) is 51.1 Å². The molecule has 1 N–H and O–H groups in total. The SMILES string of the molecule is CCOC(=O)c1sc2nc([C@H](C)N(C)Cc3cccc(OC)c3)[nH]c(=O)c2c1C. The van der Waals surface area contributed by atoms with Crippen molar-refractivity contribution >= 4 is 27.5 Å². The molecule has 0 aliphatic rings. The number of rotatable bonds is 7. The van der Waals surface area contributed by atoms with Crippen molar-refractivity contribution in [2.45, 2.75) is 33.4 Å². The Hall–Kier alpha value is -2.71. The van der Waals surface area contributed by atoms with Crippen molar-refractivity contribution in [3.63, 3.8) is 0 Å². The van der Waals surface area contributed by atoms with Gasteiger partial charge in [-0.1, -0.05) is 12.1 Å². The molecule has 0 saturated carbocycles. The van der Waals surface area contributed by atoms with Gasteiger partial charge in [0.2, 0.25) is 0 Å². The van der Waals surface area contributed by atoms with Crippen LogP contribution in [0.2, 0.25) is 0 Å². The Bertz CT molecular complexity index is 1090. The summed E-state index contributed by atoms with van der Waals surface area (Å²) < 4.78 is 10.4. The fraction of sp³-hybridized carbons (Fsp3) is 0.381. The van der Waals surface area contributed by atoms with Crippen LogP contribution >= 0.6 is 11.3 Å². The number of aromatic nitrogens is 2. The average molecular weight is 416 g/mol. The van der Waals surface area contributed by atoms with Gasteiger partial charge in [0, 0.05) is 6.54 Å². The molecule has 0 unspecified atom stereocenters. The van der Waals surface area contributed by atoms with E-state index in [4.69, 9.17) is 9.47 Å². The minimum Gasteiger partial charge on any atom is -0.497 e. The molecule has 3 aromatic rings. The minimum atomic E-state index is -0.419. The molecule has 7 nitrogen and oxygen atoms in total. The first-order chi connectivity index (χ1) is 13.8. The fourth-order valence-corrected chi connectivity index (χ4v) is 4.24. The normalized spacial score (nSPS) is 12.3. The number of carbonyl (C=O) groups is 1. The molecule has 1 aromatic carbocycles. The van der Waals surface area contributed by atoms with Crippen LogP contribution in [0.4, 0.5) is 0 Å². The Morgan fingerprint density at radius 1 is 1.38 bits per heavy atom. The maximum Gasteiger partial charge on any atom is 0.348 e. The largest absolute Gasteiger partial charge is 0.497 e. The molecule has 0 spiro atoms. The predicted molar refractivity (Wildman–Crippen MR) is 114 cm³/mol. The van der Waals surface area contributed by atoms with Crippen LogP contribution in [0.3, 0.4) is 0 Å². The molecule has 0 aliphatic heterocycles. The summed E-state index contributed by atoms with van der Waals surface area (Å²) in [5, 5.41) is 0.449. The van der Waals surface area contributed by atoms with Gasteiger partial charge in [0.05, 0.1) is 25.1 Å².